The van der Waals surface area contributed by atoms with Crippen molar-refractivity contribution >= 4 is 10.9 Å². The van der Waals surface area contributed by atoms with Crippen LogP contribution in [0, 0.1) is 0 Å². The number of nitrogens with one attached hydrogen (secondary N) is 1. The summed E-state index contributed by atoms with van der Waals surface area (Å²) in [5.74, 6) is 0.730. The van der Waals surface area contributed by atoms with Gasteiger partial charge < -0.3 is 15.8 Å². The van der Waals surface area contributed by atoms with E-state index in [1.54, 1.807) is 6.07 Å². The quantitative estimate of drug-likeness (QED) is 0.703. The number of aromatic amines is 1. The van der Waals surface area contributed by atoms with Gasteiger partial charge in [-0.3, -0.25) is 0 Å². The lowest BCUT2D eigenvalue weighted by molar-refractivity contribution is 0.481. The smallest absolute Gasteiger partial charge is 0.125 e. The molecule has 0 saturated carbocycles. The third kappa shape index (κ3) is 1.49. The Balaban J connectivity index is 2.78. The van der Waals surface area contributed by atoms with Crippen molar-refractivity contribution in [3.63, 3.8) is 0 Å². The van der Waals surface area contributed by atoms with Gasteiger partial charge in [0, 0.05) is 18.1 Å². The Morgan fingerprint density at radius 3 is 2.73 bits per heavy atom. The van der Waals surface area contributed by atoms with Gasteiger partial charge in [0.2, 0.25) is 0 Å². The Morgan fingerprint density at radius 1 is 1.40 bits per heavy atom. The lowest BCUT2D eigenvalue weighted by Crippen LogP contribution is -1.95. The van der Waals surface area contributed by atoms with Gasteiger partial charge in [-0.15, -0.1) is 0 Å². The predicted octanol–water partition coefficient (Wildman–Crippen LogP) is 2.46. The van der Waals surface area contributed by atoms with Gasteiger partial charge >= 0.3 is 0 Å². The molecular formula is C12H16N2O. The maximum absolute atomic E-state index is 9.80. The van der Waals surface area contributed by atoms with E-state index in [1.165, 1.54) is 5.56 Å². The van der Waals surface area contributed by atoms with Crippen LogP contribution >= 0.6 is 0 Å². The molecule has 0 bridgehead atoms. The van der Waals surface area contributed by atoms with E-state index < -0.39 is 0 Å². The number of H-pyrrole nitrogens is 1. The fraction of sp³-hybridized carbons (Fsp3) is 0.333. The zero-order valence-electron chi connectivity index (χ0n) is 9.04. The Hall–Kier alpha value is -1.48. The van der Waals surface area contributed by atoms with Crippen LogP contribution in [-0.2, 0) is 6.54 Å². The van der Waals surface area contributed by atoms with Gasteiger partial charge in [-0.05, 0) is 23.1 Å². The van der Waals surface area contributed by atoms with E-state index in [1.807, 2.05) is 12.3 Å². The van der Waals surface area contributed by atoms with Crippen molar-refractivity contribution in [2.24, 2.45) is 5.73 Å². The monoisotopic (exact) mass is 204 g/mol. The Bertz CT molecular complexity index is 486. The summed E-state index contributed by atoms with van der Waals surface area (Å²) in [5.41, 5.74) is 8.80. The van der Waals surface area contributed by atoms with E-state index in [-0.39, 0.29) is 0 Å². The van der Waals surface area contributed by atoms with Crippen molar-refractivity contribution in [3.8, 4) is 5.75 Å². The van der Waals surface area contributed by atoms with Crippen LogP contribution in [-0.4, -0.2) is 10.1 Å². The summed E-state index contributed by atoms with van der Waals surface area (Å²) in [6.07, 6.45) is 1.87. The zero-order valence-corrected chi connectivity index (χ0v) is 9.04. The Morgan fingerprint density at radius 2 is 2.13 bits per heavy atom. The molecule has 0 radical (unpaired) electrons. The molecule has 1 aromatic heterocycles. The molecule has 0 aliphatic rings. The van der Waals surface area contributed by atoms with E-state index in [4.69, 9.17) is 5.73 Å². The number of nitrogens with two attached hydrogens (primary N) is 1. The molecule has 0 saturated heterocycles. The standard InChI is InChI=1S/C12H16N2O/c1-7(2)9-3-4-10(15)11-8(5-13)6-14-12(9)11/h3-4,6-7,14-15H,5,13H2,1-2H3. The van der Waals surface area contributed by atoms with Gasteiger partial charge in [0.25, 0.3) is 0 Å². The lowest BCUT2D eigenvalue weighted by atomic mass is 9.99. The number of fused-ring (bicyclic) bond motifs is 1. The second kappa shape index (κ2) is 3.59. The van der Waals surface area contributed by atoms with Gasteiger partial charge in [-0.2, -0.15) is 0 Å². The normalized spacial score (nSPS) is 11.5. The maximum atomic E-state index is 9.80. The second-order valence-corrected chi connectivity index (χ2v) is 4.10. The summed E-state index contributed by atoms with van der Waals surface area (Å²) in [6.45, 7) is 4.71. The molecular weight excluding hydrogens is 188 g/mol. The van der Waals surface area contributed by atoms with Crippen LogP contribution in [0.5, 0.6) is 5.75 Å². The first-order valence-corrected chi connectivity index (χ1v) is 5.17. The summed E-state index contributed by atoms with van der Waals surface area (Å²) < 4.78 is 0. The molecule has 0 atom stereocenters. The first-order chi connectivity index (χ1) is 7.15. The third-order valence-electron chi connectivity index (χ3n) is 2.77. The van der Waals surface area contributed by atoms with Crippen LogP contribution in [0.2, 0.25) is 0 Å². The minimum Gasteiger partial charge on any atom is -0.507 e. The number of hydrogen-bond acceptors (Lipinski definition) is 2. The molecule has 4 N–H and O–H groups in total. The molecule has 2 rings (SSSR count). The molecule has 0 spiro atoms. The van der Waals surface area contributed by atoms with E-state index in [9.17, 15) is 5.11 Å². The predicted molar refractivity (Wildman–Crippen MR) is 61.9 cm³/mol. The SMILES string of the molecule is CC(C)c1ccc(O)c2c(CN)c[nH]c12. The van der Waals surface area contributed by atoms with Gasteiger partial charge in [0.05, 0.1) is 5.52 Å². The molecule has 0 fully saturated rings. The summed E-state index contributed by atoms with van der Waals surface area (Å²) in [4.78, 5) is 3.19. The minimum atomic E-state index is 0.302. The topological polar surface area (TPSA) is 62.0 Å². The molecule has 80 valence electrons. The molecule has 3 heteroatoms. The van der Waals surface area contributed by atoms with Crippen LogP contribution in [0.15, 0.2) is 18.3 Å². The summed E-state index contributed by atoms with van der Waals surface area (Å²) in [7, 11) is 0. The molecule has 1 aromatic carbocycles. The number of aromatic nitrogens is 1. The average Bonchev–Trinajstić information content (AvgIpc) is 2.62. The van der Waals surface area contributed by atoms with Gasteiger partial charge in [0.15, 0.2) is 0 Å². The van der Waals surface area contributed by atoms with Crippen molar-refractivity contribution in [1.29, 1.82) is 0 Å². The molecule has 15 heavy (non-hydrogen) atoms. The molecule has 0 unspecified atom stereocenters. The first-order valence-electron chi connectivity index (χ1n) is 5.17. The fourth-order valence-electron chi connectivity index (χ4n) is 1.96. The number of benzene rings is 1. The number of hydrogen-bond donors (Lipinski definition) is 3. The summed E-state index contributed by atoms with van der Waals surface area (Å²) in [5, 5.41) is 10.7. The van der Waals surface area contributed by atoms with E-state index in [2.05, 4.69) is 18.8 Å². The van der Waals surface area contributed by atoms with Crippen molar-refractivity contribution in [1.82, 2.24) is 4.98 Å². The zero-order chi connectivity index (χ0) is 11.0. The molecule has 2 aromatic rings. The molecule has 0 aliphatic carbocycles. The van der Waals surface area contributed by atoms with Gasteiger partial charge in [-0.25, -0.2) is 0 Å². The average molecular weight is 204 g/mol. The molecule has 3 nitrogen and oxygen atoms in total. The summed E-state index contributed by atoms with van der Waals surface area (Å²) >= 11 is 0. The Labute approximate surface area is 88.9 Å². The summed E-state index contributed by atoms with van der Waals surface area (Å²) in [6, 6.07) is 3.70. The van der Waals surface area contributed by atoms with Crippen molar-refractivity contribution < 1.29 is 5.11 Å². The number of rotatable bonds is 2. The molecule has 0 aliphatic heterocycles. The highest BCUT2D eigenvalue weighted by Gasteiger charge is 2.12. The minimum absolute atomic E-state index is 0.302. The van der Waals surface area contributed by atoms with Crippen LogP contribution in [0.1, 0.15) is 30.9 Å². The highest BCUT2D eigenvalue weighted by Crippen LogP contribution is 2.33. The largest absolute Gasteiger partial charge is 0.507 e. The molecule has 1 heterocycles. The van der Waals surface area contributed by atoms with E-state index in [0.29, 0.717) is 18.2 Å². The second-order valence-electron chi connectivity index (χ2n) is 4.10. The van der Waals surface area contributed by atoms with E-state index in [0.717, 1.165) is 16.5 Å². The van der Waals surface area contributed by atoms with E-state index >= 15 is 0 Å². The van der Waals surface area contributed by atoms with Crippen LogP contribution < -0.4 is 5.73 Å². The van der Waals surface area contributed by atoms with Gasteiger partial charge in [-0.1, -0.05) is 19.9 Å². The fourth-order valence-corrected chi connectivity index (χ4v) is 1.96. The lowest BCUT2D eigenvalue weighted by Gasteiger charge is -2.08. The van der Waals surface area contributed by atoms with Crippen molar-refractivity contribution in [2.45, 2.75) is 26.3 Å². The first kappa shape index (κ1) is 10.1. The highest BCUT2D eigenvalue weighted by atomic mass is 16.3. The van der Waals surface area contributed by atoms with Gasteiger partial charge in [0.1, 0.15) is 5.75 Å². The Kier molecular flexibility index (Phi) is 2.40. The number of phenolic OH excluding ortho intramolecular Hbond substituents is 1. The van der Waals surface area contributed by atoms with Crippen LogP contribution in [0.4, 0.5) is 0 Å². The number of aromatic hydroxyl groups is 1. The van der Waals surface area contributed by atoms with Crippen molar-refractivity contribution in [3.05, 3.63) is 29.5 Å². The van der Waals surface area contributed by atoms with Crippen LogP contribution in [0.25, 0.3) is 10.9 Å². The number of phenols is 1. The third-order valence-corrected chi connectivity index (χ3v) is 2.77. The van der Waals surface area contributed by atoms with Crippen molar-refractivity contribution in [2.75, 3.05) is 0 Å². The van der Waals surface area contributed by atoms with Crippen LogP contribution in [0.3, 0.4) is 0 Å². The highest BCUT2D eigenvalue weighted by molar-refractivity contribution is 5.91. The maximum Gasteiger partial charge on any atom is 0.125 e. The molecule has 0 amide bonds.